The number of carboxylic acids is 1. The highest BCUT2D eigenvalue weighted by Crippen LogP contribution is 1.76. The molecule has 0 heterocycles. The van der Waals surface area contributed by atoms with Crippen molar-refractivity contribution >= 4 is 11.9 Å². The Balaban J connectivity index is 3.44. The van der Waals surface area contributed by atoms with E-state index in [1.54, 1.807) is 0 Å². The summed E-state index contributed by atoms with van der Waals surface area (Å²) in [7, 11) is 0. The van der Waals surface area contributed by atoms with Gasteiger partial charge in [-0.05, 0) is 0 Å². The van der Waals surface area contributed by atoms with Crippen molar-refractivity contribution in [3.05, 3.63) is 10.1 Å². The predicted octanol–water partition coefficient (Wildman–Crippen LogP) is -1.15. The van der Waals surface area contributed by atoms with Crippen molar-refractivity contribution in [2.24, 2.45) is 0 Å². The number of carbonyl (C=O) groups is 2. The zero-order chi connectivity index (χ0) is 9.56. The number of hydrogen-bond acceptors (Lipinski definition) is 4. The Kier molecular flexibility index (Phi) is 4.35. The third-order valence-corrected chi connectivity index (χ3v) is 0.934. The molecule has 0 aromatic rings. The van der Waals surface area contributed by atoms with E-state index >= 15 is 0 Å². The van der Waals surface area contributed by atoms with Gasteiger partial charge in [-0.1, -0.05) is 0 Å². The number of carboxylic acid groups (broad SMARTS) is 1. The van der Waals surface area contributed by atoms with Gasteiger partial charge in [0.25, 0.3) is 12.5 Å². The quantitative estimate of drug-likeness (QED) is 0.406. The van der Waals surface area contributed by atoms with E-state index in [1.807, 2.05) is 0 Å². The standard InChI is InChI=1S/C5H8N2O5/c8-4(3-7(11)12)6-2-1-5(9)10/h1-3H2,(H,6,8)(H,9,10). The van der Waals surface area contributed by atoms with Gasteiger partial charge in [-0.15, -0.1) is 0 Å². The first-order valence-corrected chi connectivity index (χ1v) is 3.12. The summed E-state index contributed by atoms with van der Waals surface area (Å²) in [6.45, 7) is -0.901. The molecule has 0 atom stereocenters. The van der Waals surface area contributed by atoms with Crippen molar-refractivity contribution in [3.63, 3.8) is 0 Å². The van der Waals surface area contributed by atoms with Crippen molar-refractivity contribution in [2.75, 3.05) is 13.1 Å². The number of nitrogens with one attached hydrogen (secondary N) is 1. The molecule has 0 spiro atoms. The minimum absolute atomic E-state index is 0.0813. The number of nitro groups is 1. The van der Waals surface area contributed by atoms with Gasteiger partial charge in [-0.3, -0.25) is 19.7 Å². The fourth-order valence-corrected chi connectivity index (χ4v) is 0.482. The minimum atomic E-state index is -1.06. The monoisotopic (exact) mass is 176 g/mol. The van der Waals surface area contributed by atoms with Crippen LogP contribution in [0.4, 0.5) is 0 Å². The highest BCUT2D eigenvalue weighted by Gasteiger charge is 2.08. The van der Waals surface area contributed by atoms with Crippen LogP contribution in [0.2, 0.25) is 0 Å². The molecule has 68 valence electrons. The van der Waals surface area contributed by atoms with Crippen LogP contribution >= 0.6 is 0 Å². The second-order valence-electron chi connectivity index (χ2n) is 1.98. The zero-order valence-corrected chi connectivity index (χ0v) is 6.15. The van der Waals surface area contributed by atoms with E-state index < -0.39 is 23.3 Å². The summed E-state index contributed by atoms with van der Waals surface area (Å²) in [5.74, 6) is -1.84. The lowest BCUT2D eigenvalue weighted by molar-refractivity contribution is -0.467. The maximum absolute atomic E-state index is 10.5. The molecule has 0 fully saturated rings. The molecule has 0 radical (unpaired) electrons. The maximum Gasteiger partial charge on any atom is 0.305 e. The molecular formula is C5H8N2O5. The van der Waals surface area contributed by atoms with Gasteiger partial charge in [0.05, 0.1) is 6.42 Å². The van der Waals surface area contributed by atoms with Gasteiger partial charge in [-0.2, -0.15) is 0 Å². The molecule has 0 aromatic carbocycles. The van der Waals surface area contributed by atoms with Crippen LogP contribution in [0.5, 0.6) is 0 Å². The molecule has 0 aliphatic rings. The second kappa shape index (κ2) is 5.05. The first kappa shape index (κ1) is 10.3. The Labute approximate surface area is 67.5 Å². The van der Waals surface area contributed by atoms with Gasteiger partial charge in [0, 0.05) is 11.5 Å². The Hall–Kier alpha value is -1.66. The number of aliphatic carboxylic acids is 1. The summed E-state index contributed by atoms with van der Waals surface area (Å²) in [4.78, 5) is 29.4. The summed E-state index contributed by atoms with van der Waals surface area (Å²) in [5, 5.41) is 19.9. The number of rotatable bonds is 5. The molecular weight excluding hydrogens is 168 g/mol. The van der Waals surface area contributed by atoms with Crippen molar-refractivity contribution < 1.29 is 19.6 Å². The third kappa shape index (κ3) is 6.46. The van der Waals surface area contributed by atoms with Crippen LogP contribution in [0.3, 0.4) is 0 Å². The number of carbonyl (C=O) groups excluding carboxylic acids is 1. The number of amides is 1. The summed E-state index contributed by atoms with van der Waals surface area (Å²) >= 11 is 0. The fourth-order valence-electron chi connectivity index (χ4n) is 0.482. The predicted molar refractivity (Wildman–Crippen MR) is 37.1 cm³/mol. The number of hydrogen-bond donors (Lipinski definition) is 2. The molecule has 1 amide bonds. The highest BCUT2D eigenvalue weighted by atomic mass is 16.6. The molecule has 0 aliphatic carbocycles. The van der Waals surface area contributed by atoms with E-state index in [0.29, 0.717) is 0 Å². The Morgan fingerprint density at radius 2 is 2.08 bits per heavy atom. The third-order valence-electron chi connectivity index (χ3n) is 0.934. The normalized spacial score (nSPS) is 9.00. The van der Waals surface area contributed by atoms with Crippen molar-refractivity contribution in [2.45, 2.75) is 6.42 Å². The minimum Gasteiger partial charge on any atom is -0.481 e. The molecule has 0 unspecified atom stereocenters. The van der Waals surface area contributed by atoms with E-state index in [-0.39, 0.29) is 13.0 Å². The summed E-state index contributed by atoms with van der Waals surface area (Å²) in [6.07, 6.45) is -0.233. The van der Waals surface area contributed by atoms with Gasteiger partial charge in [0.15, 0.2) is 0 Å². The largest absolute Gasteiger partial charge is 0.481 e. The Morgan fingerprint density at radius 1 is 1.50 bits per heavy atom. The average molecular weight is 176 g/mol. The van der Waals surface area contributed by atoms with E-state index in [9.17, 15) is 19.7 Å². The maximum atomic E-state index is 10.5. The van der Waals surface area contributed by atoms with Crippen LogP contribution in [-0.2, 0) is 9.59 Å². The smallest absolute Gasteiger partial charge is 0.305 e. The van der Waals surface area contributed by atoms with Gasteiger partial charge < -0.3 is 10.4 Å². The lowest BCUT2D eigenvalue weighted by Gasteiger charge is -1.97. The molecule has 0 saturated carbocycles. The summed E-state index contributed by atoms with van der Waals surface area (Å²) in [6, 6.07) is 0. The average Bonchev–Trinajstić information content (AvgIpc) is 1.84. The molecule has 12 heavy (non-hydrogen) atoms. The van der Waals surface area contributed by atoms with Crippen LogP contribution in [0, 0.1) is 10.1 Å². The van der Waals surface area contributed by atoms with E-state index in [2.05, 4.69) is 5.32 Å². The highest BCUT2D eigenvalue weighted by molar-refractivity contribution is 5.77. The Morgan fingerprint density at radius 3 is 2.50 bits per heavy atom. The van der Waals surface area contributed by atoms with Gasteiger partial charge in [0.1, 0.15) is 0 Å². The molecule has 0 aromatic heterocycles. The molecule has 0 rings (SSSR count). The molecule has 7 heteroatoms. The SMILES string of the molecule is O=C(O)CCNC(=O)C[N+](=O)[O-]. The van der Waals surface area contributed by atoms with Gasteiger partial charge in [0.2, 0.25) is 0 Å². The van der Waals surface area contributed by atoms with Crippen LogP contribution in [0.15, 0.2) is 0 Å². The van der Waals surface area contributed by atoms with Crippen LogP contribution < -0.4 is 5.32 Å². The Bertz CT molecular complexity index is 202. The first-order valence-electron chi connectivity index (χ1n) is 3.12. The number of nitrogens with zero attached hydrogens (tertiary/aromatic N) is 1. The van der Waals surface area contributed by atoms with Gasteiger partial charge >= 0.3 is 5.97 Å². The first-order chi connectivity index (χ1) is 5.52. The second-order valence-corrected chi connectivity index (χ2v) is 1.98. The molecule has 7 nitrogen and oxygen atoms in total. The summed E-state index contributed by atoms with van der Waals surface area (Å²) < 4.78 is 0. The molecule has 0 bridgehead atoms. The van der Waals surface area contributed by atoms with E-state index in [4.69, 9.17) is 5.11 Å². The van der Waals surface area contributed by atoms with Crippen molar-refractivity contribution in [1.82, 2.24) is 5.32 Å². The lowest BCUT2D eigenvalue weighted by Crippen LogP contribution is -2.31. The van der Waals surface area contributed by atoms with Crippen molar-refractivity contribution in [3.8, 4) is 0 Å². The van der Waals surface area contributed by atoms with E-state index in [0.717, 1.165) is 0 Å². The lowest BCUT2D eigenvalue weighted by atomic mass is 10.4. The fraction of sp³-hybridized carbons (Fsp3) is 0.600. The van der Waals surface area contributed by atoms with Crippen LogP contribution in [0.25, 0.3) is 0 Å². The zero-order valence-electron chi connectivity index (χ0n) is 6.15. The van der Waals surface area contributed by atoms with Gasteiger partial charge in [-0.25, -0.2) is 0 Å². The molecule has 2 N–H and O–H groups in total. The van der Waals surface area contributed by atoms with Crippen LogP contribution in [-0.4, -0.2) is 35.0 Å². The van der Waals surface area contributed by atoms with Crippen molar-refractivity contribution in [1.29, 1.82) is 0 Å². The molecule has 0 aliphatic heterocycles. The summed E-state index contributed by atoms with van der Waals surface area (Å²) in [5.41, 5.74) is 0. The topological polar surface area (TPSA) is 110 Å². The van der Waals surface area contributed by atoms with Crippen LogP contribution in [0.1, 0.15) is 6.42 Å². The van der Waals surface area contributed by atoms with E-state index in [1.165, 1.54) is 0 Å². The molecule has 0 saturated heterocycles.